The molecule has 0 spiro atoms. The molecule has 0 fully saturated rings. The molecule has 0 amide bonds. The summed E-state index contributed by atoms with van der Waals surface area (Å²) in [5, 5.41) is 0. The molecule has 0 aliphatic heterocycles. The summed E-state index contributed by atoms with van der Waals surface area (Å²) in [6.45, 7) is 0. The summed E-state index contributed by atoms with van der Waals surface area (Å²) in [7, 11) is 4.06. The zero-order valence-electron chi connectivity index (χ0n) is 10.4. The zero-order valence-corrected chi connectivity index (χ0v) is 10.4. The van der Waals surface area contributed by atoms with E-state index in [0.29, 0.717) is 12.2 Å². The van der Waals surface area contributed by atoms with Crippen LogP contribution in [0.4, 0.5) is 0 Å². The van der Waals surface area contributed by atoms with Crippen LogP contribution in [0.3, 0.4) is 0 Å². The van der Waals surface area contributed by atoms with Gasteiger partial charge in [-0.3, -0.25) is 9.59 Å². The topological polar surface area (TPSA) is 61.8 Å². The number of carbonyl (C=O) groups is 2. The van der Waals surface area contributed by atoms with Crippen molar-refractivity contribution in [2.24, 2.45) is 11.8 Å². The third-order valence-electron chi connectivity index (χ3n) is 2.98. The van der Waals surface area contributed by atoms with Crippen LogP contribution in [0.25, 0.3) is 0 Å². The van der Waals surface area contributed by atoms with E-state index in [2.05, 4.69) is 9.47 Å². The van der Waals surface area contributed by atoms with Gasteiger partial charge >= 0.3 is 11.9 Å². The van der Waals surface area contributed by atoms with Gasteiger partial charge in [-0.15, -0.1) is 0 Å². The van der Waals surface area contributed by atoms with Gasteiger partial charge in [0.15, 0.2) is 5.92 Å². The minimum atomic E-state index is -0.934. The minimum absolute atomic E-state index is 0.284. The van der Waals surface area contributed by atoms with E-state index in [9.17, 15) is 9.59 Å². The molecule has 0 radical (unpaired) electrons. The number of allylic oxidation sites excluding steroid dienone is 2. The Kier molecular flexibility index (Phi) is 5.00. The van der Waals surface area contributed by atoms with Crippen molar-refractivity contribution in [1.29, 1.82) is 0 Å². The largest absolute Gasteiger partial charge is 0.501 e. The first kappa shape index (κ1) is 13.5. The molecule has 0 saturated carbocycles. The van der Waals surface area contributed by atoms with Crippen LogP contribution in [0.15, 0.2) is 11.8 Å². The molecule has 0 aromatic carbocycles. The van der Waals surface area contributed by atoms with Crippen molar-refractivity contribution in [1.82, 2.24) is 0 Å². The molecule has 0 N–H and O–H groups in total. The van der Waals surface area contributed by atoms with Crippen LogP contribution in [0.2, 0.25) is 0 Å². The predicted molar refractivity (Wildman–Crippen MR) is 60.0 cm³/mol. The third-order valence-corrected chi connectivity index (χ3v) is 2.98. The van der Waals surface area contributed by atoms with Gasteiger partial charge in [-0.2, -0.15) is 0 Å². The smallest absolute Gasteiger partial charge is 0.320 e. The van der Waals surface area contributed by atoms with Crippen LogP contribution in [0.5, 0.6) is 0 Å². The standard InChI is InChI=1S/C12H18O5/c1-15-9-7-5-4-6-8(9)10(11(13)16-2)12(14)17-3/h7-8,10H,4-6H2,1-3H3. The fourth-order valence-electron chi connectivity index (χ4n) is 2.12. The molecular formula is C12H18O5. The molecule has 1 rings (SSSR count). The Balaban J connectivity index is 2.96. The Hall–Kier alpha value is -1.52. The Labute approximate surface area is 101 Å². The van der Waals surface area contributed by atoms with Crippen molar-refractivity contribution >= 4 is 11.9 Å². The normalized spacial score (nSPS) is 19.5. The fourth-order valence-corrected chi connectivity index (χ4v) is 2.12. The van der Waals surface area contributed by atoms with Crippen LogP contribution in [-0.2, 0) is 23.8 Å². The number of hydrogen-bond acceptors (Lipinski definition) is 5. The molecule has 0 aromatic heterocycles. The van der Waals surface area contributed by atoms with E-state index in [-0.39, 0.29) is 5.92 Å². The van der Waals surface area contributed by atoms with Gasteiger partial charge in [0.1, 0.15) is 0 Å². The second kappa shape index (κ2) is 6.27. The number of carbonyl (C=O) groups excluding carboxylic acids is 2. The Morgan fingerprint density at radius 2 is 1.82 bits per heavy atom. The lowest BCUT2D eigenvalue weighted by molar-refractivity contribution is -0.161. The summed E-state index contributed by atoms with van der Waals surface area (Å²) in [5.74, 6) is -1.71. The van der Waals surface area contributed by atoms with E-state index in [4.69, 9.17) is 4.74 Å². The Bertz CT molecular complexity index is 305. The highest BCUT2D eigenvalue weighted by atomic mass is 16.5. The number of methoxy groups -OCH3 is 3. The summed E-state index contributed by atoms with van der Waals surface area (Å²) in [6.07, 6.45) is 4.44. The first-order chi connectivity index (χ1) is 8.15. The zero-order chi connectivity index (χ0) is 12.8. The molecule has 0 heterocycles. The monoisotopic (exact) mass is 242 g/mol. The van der Waals surface area contributed by atoms with Crippen LogP contribution in [0, 0.1) is 11.8 Å². The average molecular weight is 242 g/mol. The lowest BCUT2D eigenvalue weighted by Crippen LogP contribution is -2.35. The van der Waals surface area contributed by atoms with Gasteiger partial charge in [0.2, 0.25) is 0 Å². The van der Waals surface area contributed by atoms with Crippen molar-refractivity contribution in [2.75, 3.05) is 21.3 Å². The molecule has 1 atom stereocenters. The van der Waals surface area contributed by atoms with Gasteiger partial charge in [0, 0.05) is 5.92 Å². The summed E-state index contributed by atoms with van der Waals surface area (Å²) < 4.78 is 14.5. The van der Waals surface area contributed by atoms with Gasteiger partial charge in [0.25, 0.3) is 0 Å². The number of hydrogen-bond donors (Lipinski definition) is 0. The van der Waals surface area contributed by atoms with Gasteiger partial charge in [0.05, 0.1) is 27.1 Å². The quantitative estimate of drug-likeness (QED) is 0.549. The molecule has 0 saturated heterocycles. The highest BCUT2D eigenvalue weighted by Gasteiger charge is 2.40. The van der Waals surface area contributed by atoms with Crippen molar-refractivity contribution < 1.29 is 23.8 Å². The highest BCUT2D eigenvalue weighted by molar-refractivity contribution is 5.95. The summed E-state index contributed by atoms with van der Waals surface area (Å²) in [6, 6.07) is 0. The SMILES string of the molecule is COC(=O)C(C(=O)OC)C1CCCC=C1OC. The van der Waals surface area contributed by atoms with E-state index < -0.39 is 17.9 Å². The molecule has 17 heavy (non-hydrogen) atoms. The molecule has 96 valence electrons. The molecular weight excluding hydrogens is 224 g/mol. The molecule has 1 aliphatic rings. The minimum Gasteiger partial charge on any atom is -0.501 e. The van der Waals surface area contributed by atoms with Crippen molar-refractivity contribution in [3.63, 3.8) is 0 Å². The predicted octanol–water partition coefficient (Wildman–Crippen LogP) is 1.28. The number of rotatable bonds is 4. The van der Waals surface area contributed by atoms with E-state index >= 15 is 0 Å². The Morgan fingerprint density at radius 1 is 1.24 bits per heavy atom. The van der Waals surface area contributed by atoms with Gasteiger partial charge < -0.3 is 14.2 Å². The number of esters is 2. The molecule has 0 aromatic rings. The van der Waals surface area contributed by atoms with Crippen LogP contribution in [-0.4, -0.2) is 33.3 Å². The fraction of sp³-hybridized carbons (Fsp3) is 0.667. The van der Waals surface area contributed by atoms with E-state index in [1.807, 2.05) is 6.08 Å². The van der Waals surface area contributed by atoms with Crippen molar-refractivity contribution in [3.8, 4) is 0 Å². The summed E-state index contributed by atoms with van der Waals surface area (Å²) in [4.78, 5) is 23.3. The summed E-state index contributed by atoms with van der Waals surface area (Å²) >= 11 is 0. The first-order valence-corrected chi connectivity index (χ1v) is 5.55. The highest BCUT2D eigenvalue weighted by Crippen LogP contribution is 2.32. The van der Waals surface area contributed by atoms with E-state index in [1.165, 1.54) is 21.3 Å². The van der Waals surface area contributed by atoms with Crippen molar-refractivity contribution in [3.05, 3.63) is 11.8 Å². The van der Waals surface area contributed by atoms with Crippen molar-refractivity contribution in [2.45, 2.75) is 19.3 Å². The Morgan fingerprint density at radius 3 is 2.29 bits per heavy atom. The van der Waals surface area contributed by atoms with Crippen LogP contribution in [0.1, 0.15) is 19.3 Å². The maximum Gasteiger partial charge on any atom is 0.320 e. The number of ether oxygens (including phenoxy) is 3. The molecule has 1 aliphatic carbocycles. The van der Waals surface area contributed by atoms with E-state index in [1.54, 1.807) is 0 Å². The lowest BCUT2D eigenvalue weighted by atomic mass is 9.82. The van der Waals surface area contributed by atoms with E-state index in [0.717, 1.165) is 12.8 Å². The average Bonchev–Trinajstić information content (AvgIpc) is 2.39. The summed E-state index contributed by atoms with van der Waals surface area (Å²) in [5.41, 5.74) is 0. The van der Waals surface area contributed by atoms with Gasteiger partial charge in [-0.25, -0.2) is 0 Å². The maximum absolute atomic E-state index is 11.7. The second-order valence-electron chi connectivity index (χ2n) is 3.87. The van der Waals surface area contributed by atoms with Crippen LogP contribution >= 0.6 is 0 Å². The molecule has 5 nitrogen and oxygen atoms in total. The maximum atomic E-state index is 11.7. The second-order valence-corrected chi connectivity index (χ2v) is 3.87. The third kappa shape index (κ3) is 2.99. The van der Waals surface area contributed by atoms with Gasteiger partial charge in [-0.05, 0) is 25.3 Å². The molecule has 0 bridgehead atoms. The van der Waals surface area contributed by atoms with Gasteiger partial charge in [-0.1, -0.05) is 0 Å². The molecule has 5 heteroatoms. The molecule has 1 unspecified atom stereocenters. The first-order valence-electron chi connectivity index (χ1n) is 5.55. The van der Waals surface area contributed by atoms with Crippen LogP contribution < -0.4 is 0 Å². The lowest BCUT2D eigenvalue weighted by Gasteiger charge is -2.27.